The van der Waals surface area contributed by atoms with Crippen LogP contribution in [0.1, 0.15) is 83.1 Å². The third kappa shape index (κ3) is 5.13. The van der Waals surface area contributed by atoms with Crippen LogP contribution in [0.3, 0.4) is 0 Å². The Kier molecular flexibility index (Phi) is 9.69. The van der Waals surface area contributed by atoms with E-state index in [1.807, 2.05) is 0 Å². The van der Waals surface area contributed by atoms with Gasteiger partial charge in [0.2, 0.25) is 16.6 Å². The lowest BCUT2D eigenvalue weighted by molar-refractivity contribution is -0.118. The molecule has 0 unspecified atom stereocenters. The van der Waals surface area contributed by atoms with Crippen molar-refractivity contribution in [3.63, 3.8) is 0 Å². The molecule has 6 heteroatoms. The number of carbonyl (C=O) groups is 2. The number of hydrogen-bond acceptors (Lipinski definition) is 4. The van der Waals surface area contributed by atoms with Crippen LogP contribution in [0.25, 0.3) is 0 Å². The summed E-state index contributed by atoms with van der Waals surface area (Å²) >= 11 is 0. The van der Waals surface area contributed by atoms with E-state index in [4.69, 9.17) is 8.85 Å². The highest BCUT2D eigenvalue weighted by molar-refractivity contribution is 6.78. The first-order valence-corrected chi connectivity index (χ1v) is 16.6. The fourth-order valence-corrected chi connectivity index (χ4v) is 17.3. The molecule has 0 N–H and O–H groups in total. The molecule has 0 spiro atoms. The van der Waals surface area contributed by atoms with Crippen LogP contribution in [0, 0.1) is 0 Å². The lowest BCUT2D eigenvalue weighted by Crippen LogP contribution is -2.57. The monoisotopic (exact) mass is 480 g/mol. The molecule has 1 rings (SSSR count). The minimum Gasteiger partial charge on any atom is -0.398 e. The Balaban J connectivity index is 3.48. The van der Waals surface area contributed by atoms with Crippen molar-refractivity contribution >= 4 is 29.2 Å². The minimum absolute atomic E-state index is 0.345. The van der Waals surface area contributed by atoms with Gasteiger partial charge in [0.05, 0.1) is 0 Å². The summed E-state index contributed by atoms with van der Waals surface area (Å²) < 4.78 is 13.7. The molecule has 0 saturated carbocycles. The van der Waals surface area contributed by atoms with Crippen LogP contribution < -0.4 is 0 Å². The fourth-order valence-electron chi connectivity index (χ4n) is 6.29. The van der Waals surface area contributed by atoms with E-state index >= 15 is 0 Å². The SMILES string of the molecule is CC(C)[Si](OC1(C=O)C=CC(C=O)(O[Si](C(C)C)(C(C)C)C(C)C)C=C1)(C(C)C)C(C)C. The summed E-state index contributed by atoms with van der Waals surface area (Å²) in [5, 5.41) is 0. The normalized spacial score (nSPS) is 24.6. The topological polar surface area (TPSA) is 52.6 Å². The summed E-state index contributed by atoms with van der Waals surface area (Å²) in [7, 11) is -4.64. The van der Waals surface area contributed by atoms with E-state index in [9.17, 15) is 9.59 Å². The molecule has 0 bridgehead atoms. The van der Waals surface area contributed by atoms with Gasteiger partial charge < -0.3 is 8.85 Å². The Morgan fingerprint density at radius 1 is 0.500 bits per heavy atom. The molecule has 1 aliphatic carbocycles. The van der Waals surface area contributed by atoms with Gasteiger partial charge in [-0.25, -0.2) is 0 Å². The average molecular weight is 481 g/mol. The highest BCUT2D eigenvalue weighted by Gasteiger charge is 2.53. The van der Waals surface area contributed by atoms with Crippen molar-refractivity contribution < 1.29 is 18.4 Å². The molecule has 1 aliphatic rings. The van der Waals surface area contributed by atoms with Gasteiger partial charge in [-0.1, -0.05) is 83.1 Å². The summed E-state index contributed by atoms with van der Waals surface area (Å²) in [6.45, 7) is 26.4. The van der Waals surface area contributed by atoms with Crippen molar-refractivity contribution in [3.8, 4) is 0 Å². The Morgan fingerprint density at radius 2 is 0.688 bits per heavy atom. The van der Waals surface area contributed by atoms with Crippen molar-refractivity contribution in [2.24, 2.45) is 0 Å². The lowest BCUT2D eigenvalue weighted by atomic mass is 9.91. The third-order valence-corrected chi connectivity index (χ3v) is 19.9. The van der Waals surface area contributed by atoms with E-state index in [1.165, 1.54) is 0 Å². The maximum atomic E-state index is 12.4. The largest absolute Gasteiger partial charge is 0.398 e. The maximum absolute atomic E-state index is 12.4. The maximum Gasteiger partial charge on any atom is 0.202 e. The summed E-state index contributed by atoms with van der Waals surface area (Å²) in [6, 6.07) is 0. The first-order chi connectivity index (χ1) is 14.6. The lowest BCUT2D eigenvalue weighted by Gasteiger charge is -2.49. The standard InChI is InChI=1S/C26H48O4Si2/c1-19(2)31(20(3)4,21(5)6)29-25(17-27)13-15-26(18-28,16-14-25)30-32(22(7)8,23(9)10)24(11)12/h13-24H,1-12H3. The molecule has 184 valence electrons. The molecular formula is C26H48O4Si2. The molecule has 0 aromatic rings. The smallest absolute Gasteiger partial charge is 0.202 e. The second kappa shape index (κ2) is 10.6. The van der Waals surface area contributed by atoms with E-state index in [-0.39, 0.29) is 0 Å². The zero-order valence-corrected chi connectivity index (χ0v) is 24.6. The number of hydrogen-bond donors (Lipinski definition) is 0. The van der Waals surface area contributed by atoms with Crippen molar-refractivity contribution in [1.29, 1.82) is 0 Å². The van der Waals surface area contributed by atoms with Crippen molar-refractivity contribution in [2.75, 3.05) is 0 Å². The molecule has 0 aromatic heterocycles. The summed E-state index contributed by atoms with van der Waals surface area (Å²) in [4.78, 5) is 24.8. The van der Waals surface area contributed by atoms with E-state index in [2.05, 4.69) is 83.1 Å². The van der Waals surface area contributed by atoms with E-state index < -0.39 is 27.8 Å². The second-order valence-corrected chi connectivity index (χ2v) is 22.2. The second-order valence-electron chi connectivity index (χ2n) is 11.4. The van der Waals surface area contributed by atoms with Gasteiger partial charge in [0.15, 0.2) is 12.6 Å². The van der Waals surface area contributed by atoms with Crippen molar-refractivity contribution in [3.05, 3.63) is 24.3 Å². The molecule has 0 atom stereocenters. The number of rotatable bonds is 12. The van der Waals surface area contributed by atoms with E-state index in [1.54, 1.807) is 24.3 Å². The minimum atomic E-state index is -2.32. The quantitative estimate of drug-likeness (QED) is 0.166. The predicted octanol–water partition coefficient (Wildman–Crippen LogP) is 7.37. The van der Waals surface area contributed by atoms with Gasteiger partial charge in [-0.3, -0.25) is 9.59 Å². The van der Waals surface area contributed by atoms with Crippen LogP contribution in [0.5, 0.6) is 0 Å². The molecule has 4 nitrogen and oxygen atoms in total. The van der Waals surface area contributed by atoms with Gasteiger partial charge in [0, 0.05) is 0 Å². The predicted molar refractivity (Wildman–Crippen MR) is 140 cm³/mol. The molecule has 0 heterocycles. The van der Waals surface area contributed by atoms with Crippen LogP contribution in [0.2, 0.25) is 33.2 Å². The van der Waals surface area contributed by atoms with Crippen molar-refractivity contribution in [1.82, 2.24) is 0 Å². The molecule has 0 fully saturated rings. The first kappa shape index (κ1) is 29.2. The zero-order valence-electron chi connectivity index (χ0n) is 22.6. The molecule has 0 radical (unpaired) electrons. The molecule has 0 amide bonds. The van der Waals surface area contributed by atoms with Crippen LogP contribution in [-0.4, -0.2) is 40.4 Å². The van der Waals surface area contributed by atoms with Crippen LogP contribution in [0.15, 0.2) is 24.3 Å². The molecule has 32 heavy (non-hydrogen) atoms. The summed E-state index contributed by atoms with van der Waals surface area (Å²) in [5.41, 5.74) is -0.236. The third-order valence-electron chi connectivity index (χ3n) is 7.70. The summed E-state index contributed by atoms with van der Waals surface area (Å²) in [6.07, 6.45) is 8.82. The van der Waals surface area contributed by atoms with Gasteiger partial charge in [0.1, 0.15) is 11.2 Å². The van der Waals surface area contributed by atoms with Gasteiger partial charge in [-0.2, -0.15) is 0 Å². The van der Waals surface area contributed by atoms with Gasteiger partial charge in [-0.15, -0.1) is 0 Å². The van der Waals surface area contributed by atoms with E-state index in [0.29, 0.717) is 33.2 Å². The molecule has 0 aliphatic heterocycles. The summed E-state index contributed by atoms with van der Waals surface area (Å²) in [5.74, 6) is 0. The van der Waals surface area contributed by atoms with Gasteiger partial charge >= 0.3 is 0 Å². The average Bonchev–Trinajstić information content (AvgIpc) is 2.70. The van der Waals surface area contributed by atoms with Gasteiger partial charge in [0.25, 0.3) is 0 Å². The van der Waals surface area contributed by atoms with Crippen LogP contribution >= 0.6 is 0 Å². The fraction of sp³-hybridized carbons (Fsp3) is 0.769. The Hall–Kier alpha value is -0.826. The van der Waals surface area contributed by atoms with Gasteiger partial charge in [-0.05, 0) is 57.6 Å². The highest BCUT2D eigenvalue weighted by Crippen LogP contribution is 2.48. The Labute approximate surface area is 199 Å². The molecular weight excluding hydrogens is 432 g/mol. The first-order valence-electron chi connectivity index (χ1n) is 12.3. The van der Waals surface area contributed by atoms with Crippen LogP contribution in [-0.2, 0) is 18.4 Å². The zero-order chi connectivity index (χ0) is 25.1. The molecule has 0 saturated heterocycles. The highest BCUT2D eigenvalue weighted by atomic mass is 28.4. The van der Waals surface area contributed by atoms with Crippen molar-refractivity contribution in [2.45, 2.75) is 128 Å². The van der Waals surface area contributed by atoms with Crippen LogP contribution in [0.4, 0.5) is 0 Å². The Bertz CT molecular complexity index is 589. The number of carbonyl (C=O) groups excluding carboxylic acids is 2. The van der Waals surface area contributed by atoms with E-state index in [0.717, 1.165) is 12.6 Å². The Morgan fingerprint density at radius 3 is 0.812 bits per heavy atom. The molecule has 0 aromatic carbocycles. The number of aldehydes is 2.